The molecule has 1 saturated heterocycles. The van der Waals surface area contributed by atoms with Crippen LogP contribution >= 0.6 is 0 Å². The van der Waals surface area contributed by atoms with E-state index in [-0.39, 0.29) is 6.61 Å². The second-order valence-electron chi connectivity index (χ2n) is 7.81. The van der Waals surface area contributed by atoms with Crippen molar-refractivity contribution in [1.29, 1.82) is 0 Å². The van der Waals surface area contributed by atoms with Gasteiger partial charge in [0.1, 0.15) is 5.82 Å². The molecule has 3 aromatic rings. The molecule has 0 atom stereocenters. The summed E-state index contributed by atoms with van der Waals surface area (Å²) in [5.74, 6) is 0.487. The monoisotopic (exact) mass is 412 g/mol. The van der Waals surface area contributed by atoms with Gasteiger partial charge >= 0.3 is 0 Å². The van der Waals surface area contributed by atoms with Crippen molar-refractivity contribution in [1.82, 2.24) is 9.38 Å². The maximum atomic E-state index is 12.2. The van der Waals surface area contributed by atoms with Crippen LogP contribution in [-0.2, 0) is 15.9 Å². The van der Waals surface area contributed by atoms with E-state index in [0.29, 0.717) is 50.2 Å². The molecule has 1 aliphatic heterocycles. The maximum Gasteiger partial charge on any atom is 0.252 e. The van der Waals surface area contributed by atoms with Gasteiger partial charge in [-0.05, 0) is 43.0 Å². The van der Waals surface area contributed by atoms with Gasteiger partial charge in [-0.2, -0.15) is 0 Å². The molecule has 0 spiro atoms. The predicted molar refractivity (Wildman–Crippen MR) is 115 cm³/mol. The van der Waals surface area contributed by atoms with Crippen molar-refractivity contribution in [3.63, 3.8) is 0 Å². The van der Waals surface area contributed by atoms with Gasteiger partial charge in [0.2, 0.25) is 0 Å². The number of anilines is 1. The van der Waals surface area contributed by atoms with Gasteiger partial charge in [0.15, 0.2) is 5.65 Å². The zero-order valence-electron chi connectivity index (χ0n) is 17.4. The Bertz CT molecular complexity index is 1060. The standard InChI is InChI=1S/C22H28N4O4/c1-29-12-7-15-13-16(19(23)28)20-24-17-5-3-4-6-18(17)26(20)21(15)25-10-8-22(14-27,30-2)9-11-25/h3-6,13,27H,7-12,14H2,1-2H3,(H2,23,28). The molecule has 8 heteroatoms. The highest BCUT2D eigenvalue weighted by atomic mass is 16.5. The number of fused-ring (bicyclic) bond motifs is 3. The molecule has 1 amide bonds. The minimum atomic E-state index is -0.507. The lowest BCUT2D eigenvalue weighted by molar-refractivity contribution is -0.0673. The van der Waals surface area contributed by atoms with E-state index in [0.717, 1.165) is 22.4 Å². The number of para-hydroxylation sites is 2. The fourth-order valence-corrected chi connectivity index (χ4v) is 4.34. The molecule has 0 unspecified atom stereocenters. The number of pyridine rings is 1. The van der Waals surface area contributed by atoms with Gasteiger partial charge in [0.25, 0.3) is 5.91 Å². The molecule has 3 N–H and O–H groups in total. The van der Waals surface area contributed by atoms with Crippen LogP contribution in [0.3, 0.4) is 0 Å². The first-order valence-electron chi connectivity index (χ1n) is 10.2. The second-order valence-corrected chi connectivity index (χ2v) is 7.81. The zero-order chi connectivity index (χ0) is 21.3. The number of primary amides is 1. The lowest BCUT2D eigenvalue weighted by atomic mass is 9.91. The van der Waals surface area contributed by atoms with E-state index in [2.05, 4.69) is 4.90 Å². The van der Waals surface area contributed by atoms with Crippen molar-refractivity contribution >= 4 is 28.4 Å². The number of piperidine rings is 1. The van der Waals surface area contributed by atoms with Crippen molar-refractivity contribution in [2.75, 3.05) is 45.4 Å². The minimum Gasteiger partial charge on any atom is -0.393 e. The van der Waals surface area contributed by atoms with Gasteiger partial charge in [-0.3, -0.25) is 9.20 Å². The Morgan fingerprint density at radius 2 is 2.00 bits per heavy atom. The molecule has 1 aliphatic rings. The normalized spacial score (nSPS) is 16.4. The van der Waals surface area contributed by atoms with Crippen molar-refractivity contribution in [3.05, 3.63) is 41.5 Å². The number of rotatable bonds is 7. The number of hydrogen-bond donors (Lipinski definition) is 2. The lowest BCUT2D eigenvalue weighted by Crippen LogP contribution is -2.48. The van der Waals surface area contributed by atoms with E-state index < -0.39 is 11.5 Å². The first-order valence-corrected chi connectivity index (χ1v) is 10.2. The molecule has 0 radical (unpaired) electrons. The molecule has 0 aliphatic carbocycles. The number of aliphatic hydroxyl groups is 1. The number of methoxy groups -OCH3 is 2. The predicted octanol–water partition coefficient (Wildman–Crippen LogP) is 1.75. The summed E-state index contributed by atoms with van der Waals surface area (Å²) in [6, 6.07) is 9.68. The van der Waals surface area contributed by atoms with Gasteiger partial charge < -0.3 is 25.2 Å². The number of aromatic nitrogens is 2. The summed E-state index contributed by atoms with van der Waals surface area (Å²) >= 11 is 0. The Morgan fingerprint density at radius 3 is 2.63 bits per heavy atom. The summed E-state index contributed by atoms with van der Waals surface area (Å²) in [5, 5.41) is 9.82. The molecule has 0 saturated carbocycles. The molecular formula is C22H28N4O4. The number of imidazole rings is 1. The maximum absolute atomic E-state index is 12.2. The second kappa shape index (κ2) is 8.22. The summed E-state index contributed by atoms with van der Waals surface area (Å²) in [5.41, 5.74) is 8.89. The fraction of sp³-hybridized carbons (Fsp3) is 0.455. The molecule has 3 heterocycles. The smallest absolute Gasteiger partial charge is 0.252 e. The average molecular weight is 412 g/mol. The van der Waals surface area contributed by atoms with Crippen LogP contribution < -0.4 is 10.6 Å². The van der Waals surface area contributed by atoms with Crippen molar-refractivity contribution in [3.8, 4) is 0 Å². The highest BCUT2D eigenvalue weighted by molar-refractivity contribution is 6.01. The summed E-state index contributed by atoms with van der Waals surface area (Å²) in [4.78, 5) is 19.2. The third kappa shape index (κ3) is 3.40. The molecule has 30 heavy (non-hydrogen) atoms. The SMILES string of the molecule is COCCc1cc(C(N)=O)c2nc3ccccc3n2c1N1CCC(CO)(OC)CC1. The number of nitrogens with zero attached hydrogens (tertiary/aromatic N) is 3. The van der Waals surface area contributed by atoms with Crippen LogP contribution in [0.5, 0.6) is 0 Å². The number of ether oxygens (including phenoxy) is 2. The van der Waals surface area contributed by atoms with Crippen LogP contribution in [0.25, 0.3) is 16.7 Å². The third-order valence-corrected chi connectivity index (χ3v) is 6.16. The van der Waals surface area contributed by atoms with Gasteiger partial charge in [-0.15, -0.1) is 0 Å². The number of benzene rings is 1. The van der Waals surface area contributed by atoms with Crippen LogP contribution in [0.4, 0.5) is 5.82 Å². The summed E-state index contributed by atoms with van der Waals surface area (Å²) in [7, 11) is 3.31. The fourth-order valence-electron chi connectivity index (χ4n) is 4.34. The number of carbonyl (C=O) groups excluding carboxylic acids is 1. The topological polar surface area (TPSA) is 102 Å². The Hall–Kier alpha value is -2.68. The average Bonchev–Trinajstić information content (AvgIpc) is 3.16. The Balaban J connectivity index is 1.92. The van der Waals surface area contributed by atoms with Gasteiger partial charge in [-0.25, -0.2) is 4.98 Å². The summed E-state index contributed by atoms with van der Waals surface area (Å²) < 4.78 is 13.0. The van der Waals surface area contributed by atoms with Crippen molar-refractivity contribution in [2.24, 2.45) is 5.73 Å². The quantitative estimate of drug-likeness (QED) is 0.613. The van der Waals surface area contributed by atoms with Crippen LogP contribution in [0.15, 0.2) is 30.3 Å². The molecule has 0 bridgehead atoms. The van der Waals surface area contributed by atoms with Crippen LogP contribution in [-0.4, -0.2) is 66.5 Å². The van der Waals surface area contributed by atoms with Gasteiger partial charge in [0.05, 0.1) is 35.4 Å². The van der Waals surface area contributed by atoms with Gasteiger partial charge in [0, 0.05) is 27.3 Å². The molecule has 2 aromatic heterocycles. The first kappa shape index (κ1) is 20.6. The number of nitrogens with two attached hydrogens (primary N) is 1. The van der Waals surface area contributed by atoms with Crippen LogP contribution in [0.2, 0.25) is 0 Å². The molecule has 4 rings (SSSR count). The summed E-state index contributed by atoms with van der Waals surface area (Å²) in [6.45, 7) is 1.95. The Morgan fingerprint density at radius 1 is 1.27 bits per heavy atom. The van der Waals surface area contributed by atoms with E-state index in [9.17, 15) is 9.90 Å². The van der Waals surface area contributed by atoms with Gasteiger partial charge in [-0.1, -0.05) is 12.1 Å². The van der Waals surface area contributed by atoms with Crippen LogP contribution in [0.1, 0.15) is 28.8 Å². The van der Waals surface area contributed by atoms with E-state index in [1.165, 1.54) is 0 Å². The zero-order valence-corrected chi connectivity index (χ0v) is 17.4. The van der Waals surface area contributed by atoms with E-state index in [1.807, 2.05) is 34.7 Å². The largest absolute Gasteiger partial charge is 0.393 e. The van der Waals surface area contributed by atoms with Crippen molar-refractivity contribution < 1.29 is 19.4 Å². The van der Waals surface area contributed by atoms with Crippen molar-refractivity contribution in [2.45, 2.75) is 24.9 Å². The van der Waals surface area contributed by atoms with E-state index in [4.69, 9.17) is 20.2 Å². The van der Waals surface area contributed by atoms with E-state index in [1.54, 1.807) is 14.2 Å². The first-order chi connectivity index (χ1) is 14.5. The number of hydrogen-bond acceptors (Lipinski definition) is 6. The molecule has 1 aromatic carbocycles. The molecule has 8 nitrogen and oxygen atoms in total. The number of amides is 1. The molecule has 1 fully saturated rings. The number of aliphatic hydroxyl groups excluding tert-OH is 1. The Kier molecular flexibility index (Phi) is 5.64. The molecular weight excluding hydrogens is 384 g/mol. The van der Waals surface area contributed by atoms with E-state index >= 15 is 0 Å². The highest BCUT2D eigenvalue weighted by Crippen LogP contribution is 2.34. The third-order valence-electron chi connectivity index (χ3n) is 6.16. The highest BCUT2D eigenvalue weighted by Gasteiger charge is 2.35. The Labute approximate surface area is 175 Å². The minimum absolute atomic E-state index is 0.00208. The number of carbonyl (C=O) groups is 1. The molecule has 160 valence electrons. The summed E-state index contributed by atoms with van der Waals surface area (Å²) in [6.07, 6.45) is 2.05. The lowest BCUT2D eigenvalue weighted by Gasteiger charge is -2.41. The van der Waals surface area contributed by atoms with Crippen LogP contribution in [0, 0.1) is 0 Å².